The lowest BCUT2D eigenvalue weighted by Gasteiger charge is -2.50. The second kappa shape index (κ2) is 6.66. The summed E-state index contributed by atoms with van der Waals surface area (Å²) in [5.74, 6) is 0. The molecule has 4 heteroatoms. The molecule has 0 saturated carbocycles. The third-order valence-electron chi connectivity index (χ3n) is 4.84. The van der Waals surface area contributed by atoms with Gasteiger partial charge in [0, 0.05) is 23.1 Å². The van der Waals surface area contributed by atoms with Crippen LogP contribution in [0.15, 0.2) is 24.3 Å². The van der Waals surface area contributed by atoms with Crippen molar-refractivity contribution in [1.29, 1.82) is 0 Å². The van der Waals surface area contributed by atoms with E-state index < -0.39 is 0 Å². The summed E-state index contributed by atoms with van der Waals surface area (Å²) in [6, 6.07) is 8.36. The second-order valence-electron chi connectivity index (χ2n) is 6.44. The molecule has 2 N–H and O–H groups in total. The Balaban J connectivity index is 2.25. The zero-order valence-corrected chi connectivity index (χ0v) is 14.2. The number of rotatable bonds is 4. The van der Waals surface area contributed by atoms with Crippen LogP contribution in [-0.2, 0) is 4.74 Å². The second-order valence-corrected chi connectivity index (χ2v) is 6.87. The number of hydrogen-bond donors (Lipinski definition) is 1. The van der Waals surface area contributed by atoms with E-state index in [4.69, 9.17) is 22.1 Å². The summed E-state index contributed by atoms with van der Waals surface area (Å²) in [6.45, 7) is 7.14. The predicted octanol–water partition coefficient (Wildman–Crippen LogP) is 3.62. The van der Waals surface area contributed by atoms with Crippen LogP contribution in [0.25, 0.3) is 0 Å². The number of nitrogens with zero attached hydrogens (tertiary/aromatic N) is 1. The normalized spacial score (nSPS) is 31.4. The Labute approximate surface area is 133 Å². The third kappa shape index (κ3) is 3.59. The van der Waals surface area contributed by atoms with Crippen LogP contribution in [0.4, 0.5) is 0 Å². The molecule has 3 nitrogen and oxygen atoms in total. The lowest BCUT2D eigenvalue weighted by Crippen LogP contribution is -2.58. The Morgan fingerprint density at radius 2 is 2.00 bits per heavy atom. The number of benzene rings is 1. The van der Waals surface area contributed by atoms with Crippen molar-refractivity contribution >= 4 is 11.6 Å². The maximum Gasteiger partial charge on any atom is 0.0568 e. The topological polar surface area (TPSA) is 38.5 Å². The lowest BCUT2D eigenvalue weighted by molar-refractivity contribution is -0.105. The summed E-state index contributed by atoms with van der Waals surface area (Å²) in [5, 5.41) is 0.781. The molecule has 2 rings (SSSR count). The molecule has 0 aromatic heterocycles. The van der Waals surface area contributed by atoms with E-state index in [1.807, 2.05) is 18.2 Å². The average molecular weight is 311 g/mol. The molecule has 1 aliphatic rings. The molecule has 1 aromatic rings. The largest absolute Gasteiger partial charge is 0.375 e. The van der Waals surface area contributed by atoms with Crippen molar-refractivity contribution in [3.05, 3.63) is 34.9 Å². The van der Waals surface area contributed by atoms with E-state index in [1.165, 1.54) is 5.56 Å². The van der Waals surface area contributed by atoms with Crippen molar-refractivity contribution in [2.24, 2.45) is 5.73 Å². The molecule has 0 spiro atoms. The molecule has 3 unspecified atom stereocenters. The van der Waals surface area contributed by atoms with E-state index in [2.05, 4.69) is 38.8 Å². The first-order valence-corrected chi connectivity index (χ1v) is 8.09. The van der Waals surface area contributed by atoms with E-state index in [0.717, 1.165) is 17.9 Å². The molecule has 1 saturated heterocycles. The van der Waals surface area contributed by atoms with Gasteiger partial charge < -0.3 is 10.5 Å². The van der Waals surface area contributed by atoms with Gasteiger partial charge in [-0.05, 0) is 58.4 Å². The molecule has 118 valence electrons. The summed E-state index contributed by atoms with van der Waals surface area (Å²) < 4.78 is 5.89. The Bertz CT molecular complexity index is 470. The van der Waals surface area contributed by atoms with Crippen LogP contribution in [0.5, 0.6) is 0 Å². The highest BCUT2D eigenvalue weighted by Gasteiger charge is 2.42. The molecule has 0 aliphatic carbocycles. The average Bonchev–Trinajstić information content (AvgIpc) is 2.44. The van der Waals surface area contributed by atoms with Crippen LogP contribution in [-0.4, -0.2) is 36.2 Å². The summed E-state index contributed by atoms with van der Waals surface area (Å²) >= 11 is 6.13. The van der Waals surface area contributed by atoms with Gasteiger partial charge in [-0.2, -0.15) is 0 Å². The van der Waals surface area contributed by atoms with E-state index in [9.17, 15) is 0 Å². The SMILES string of the molecule is CC1CC(CN)(N(C)C(C)c2cccc(Cl)c2)CC(C)O1. The minimum Gasteiger partial charge on any atom is -0.375 e. The minimum absolute atomic E-state index is 0.0151. The highest BCUT2D eigenvalue weighted by molar-refractivity contribution is 6.30. The van der Waals surface area contributed by atoms with Gasteiger partial charge in [-0.25, -0.2) is 0 Å². The first-order valence-electron chi connectivity index (χ1n) is 7.72. The lowest BCUT2D eigenvalue weighted by atomic mass is 9.81. The van der Waals surface area contributed by atoms with Gasteiger partial charge in [-0.3, -0.25) is 4.90 Å². The summed E-state index contributed by atoms with van der Waals surface area (Å²) in [5.41, 5.74) is 7.40. The van der Waals surface area contributed by atoms with Gasteiger partial charge in [0.2, 0.25) is 0 Å². The van der Waals surface area contributed by atoms with E-state index >= 15 is 0 Å². The van der Waals surface area contributed by atoms with Gasteiger partial charge in [-0.1, -0.05) is 23.7 Å². The third-order valence-corrected chi connectivity index (χ3v) is 5.07. The summed E-state index contributed by atoms with van der Waals surface area (Å²) in [4.78, 5) is 2.41. The Morgan fingerprint density at radius 1 is 1.38 bits per heavy atom. The maximum atomic E-state index is 6.19. The first kappa shape index (κ1) is 16.8. The van der Waals surface area contributed by atoms with Crippen LogP contribution in [0.2, 0.25) is 5.02 Å². The van der Waals surface area contributed by atoms with Gasteiger partial charge in [0.25, 0.3) is 0 Å². The smallest absolute Gasteiger partial charge is 0.0568 e. The molecule has 3 atom stereocenters. The predicted molar refractivity (Wildman–Crippen MR) is 88.7 cm³/mol. The fourth-order valence-corrected chi connectivity index (χ4v) is 3.84. The molecule has 0 bridgehead atoms. The Hall–Kier alpha value is -0.610. The summed E-state index contributed by atoms with van der Waals surface area (Å²) in [7, 11) is 2.17. The van der Waals surface area contributed by atoms with Crippen molar-refractivity contribution in [2.45, 2.75) is 57.4 Å². The molecule has 1 aromatic carbocycles. The molecule has 1 heterocycles. The zero-order chi connectivity index (χ0) is 15.6. The van der Waals surface area contributed by atoms with Gasteiger partial charge in [-0.15, -0.1) is 0 Å². The summed E-state index contributed by atoms with van der Waals surface area (Å²) in [6.07, 6.45) is 2.42. The molecule has 1 fully saturated rings. The van der Waals surface area contributed by atoms with Gasteiger partial charge in [0.15, 0.2) is 0 Å². The minimum atomic E-state index is -0.0151. The van der Waals surface area contributed by atoms with E-state index in [1.54, 1.807) is 0 Å². The first-order chi connectivity index (χ1) is 9.88. The van der Waals surface area contributed by atoms with E-state index in [0.29, 0.717) is 6.54 Å². The fraction of sp³-hybridized carbons (Fsp3) is 0.647. The molecule has 0 amide bonds. The molecular weight excluding hydrogens is 284 g/mol. The van der Waals surface area contributed by atoms with Crippen LogP contribution < -0.4 is 5.73 Å². The van der Waals surface area contributed by atoms with Crippen LogP contribution in [0.1, 0.15) is 45.2 Å². The number of nitrogens with two attached hydrogens (primary N) is 1. The Kier molecular flexibility index (Phi) is 5.31. The van der Waals surface area contributed by atoms with Crippen LogP contribution in [0.3, 0.4) is 0 Å². The van der Waals surface area contributed by atoms with Crippen molar-refractivity contribution in [3.8, 4) is 0 Å². The highest BCUT2D eigenvalue weighted by Crippen LogP contribution is 2.37. The number of likely N-dealkylation sites (N-methyl/N-ethyl adjacent to an activating group) is 1. The van der Waals surface area contributed by atoms with Gasteiger partial charge in [0.1, 0.15) is 0 Å². The number of halogens is 1. The molecule has 1 aliphatic heterocycles. The van der Waals surface area contributed by atoms with Crippen molar-refractivity contribution < 1.29 is 4.74 Å². The van der Waals surface area contributed by atoms with Gasteiger partial charge in [0.05, 0.1) is 12.2 Å². The Morgan fingerprint density at radius 3 is 2.52 bits per heavy atom. The van der Waals surface area contributed by atoms with Crippen molar-refractivity contribution in [3.63, 3.8) is 0 Å². The molecule has 21 heavy (non-hydrogen) atoms. The van der Waals surface area contributed by atoms with E-state index in [-0.39, 0.29) is 23.8 Å². The highest BCUT2D eigenvalue weighted by atomic mass is 35.5. The fourth-order valence-electron chi connectivity index (χ4n) is 3.65. The quantitative estimate of drug-likeness (QED) is 0.923. The molecular formula is C17H27ClN2O. The van der Waals surface area contributed by atoms with Crippen molar-refractivity contribution in [1.82, 2.24) is 4.90 Å². The maximum absolute atomic E-state index is 6.19. The zero-order valence-electron chi connectivity index (χ0n) is 13.5. The monoisotopic (exact) mass is 310 g/mol. The number of ether oxygens (including phenoxy) is 1. The molecule has 0 radical (unpaired) electrons. The number of hydrogen-bond acceptors (Lipinski definition) is 3. The van der Waals surface area contributed by atoms with Gasteiger partial charge >= 0.3 is 0 Å². The standard InChI is InChI=1S/C17H27ClN2O/c1-12-9-17(11-19,10-13(2)21-12)20(4)14(3)15-6-5-7-16(18)8-15/h5-8,12-14H,9-11,19H2,1-4H3. The van der Waals surface area contributed by atoms with Crippen LogP contribution in [0, 0.1) is 0 Å². The van der Waals surface area contributed by atoms with Crippen LogP contribution >= 0.6 is 11.6 Å². The van der Waals surface area contributed by atoms with Crippen molar-refractivity contribution in [2.75, 3.05) is 13.6 Å².